The van der Waals surface area contributed by atoms with Crippen molar-refractivity contribution in [1.82, 2.24) is 10.1 Å². The molecule has 0 aliphatic carbocycles. The summed E-state index contributed by atoms with van der Waals surface area (Å²) in [7, 11) is 0. The van der Waals surface area contributed by atoms with Gasteiger partial charge in [-0.1, -0.05) is 23.4 Å². The summed E-state index contributed by atoms with van der Waals surface area (Å²) in [6.07, 6.45) is -0.179. The van der Waals surface area contributed by atoms with Crippen LogP contribution in [0.15, 0.2) is 28.8 Å². The van der Waals surface area contributed by atoms with Gasteiger partial charge in [0, 0.05) is 12.6 Å². The molecule has 1 amide bonds. The average Bonchev–Trinajstić information content (AvgIpc) is 2.78. The molecule has 0 saturated carbocycles. The molecule has 0 aliphatic heterocycles. The molecule has 2 N–H and O–H groups in total. The number of aryl methyl sites for hydroxylation is 1. The molecule has 2 rings (SSSR count). The zero-order chi connectivity index (χ0) is 13.8. The van der Waals surface area contributed by atoms with E-state index in [-0.39, 0.29) is 18.1 Å². The molecule has 1 aromatic heterocycles. The molecule has 0 fully saturated rings. The van der Waals surface area contributed by atoms with Crippen LogP contribution in [0.4, 0.5) is 5.69 Å². The minimum absolute atomic E-state index is 0.0948. The van der Waals surface area contributed by atoms with Crippen molar-refractivity contribution in [3.63, 3.8) is 0 Å². The molecular weight excluding hydrogens is 250 g/mol. The van der Waals surface area contributed by atoms with E-state index in [9.17, 15) is 9.59 Å². The van der Waals surface area contributed by atoms with Crippen molar-refractivity contribution in [2.24, 2.45) is 0 Å². The Morgan fingerprint density at radius 1 is 1.37 bits per heavy atom. The van der Waals surface area contributed by atoms with Crippen LogP contribution < -0.4 is 5.32 Å². The molecule has 0 unspecified atom stereocenters. The maximum absolute atomic E-state index is 11.8. The Morgan fingerprint density at radius 2 is 2.11 bits per heavy atom. The number of carbonyl (C=O) groups excluding carboxylic acids is 1. The molecule has 7 heteroatoms. The fourth-order valence-electron chi connectivity index (χ4n) is 1.53. The predicted molar refractivity (Wildman–Crippen MR) is 64.8 cm³/mol. The third-order valence-electron chi connectivity index (χ3n) is 2.34. The van der Waals surface area contributed by atoms with Crippen LogP contribution in [0, 0.1) is 6.92 Å². The minimum Gasteiger partial charge on any atom is -0.481 e. The van der Waals surface area contributed by atoms with Crippen molar-refractivity contribution in [2.45, 2.75) is 13.3 Å². The molecular formula is C12H11N3O4. The lowest BCUT2D eigenvalue weighted by atomic mass is 10.1. The van der Waals surface area contributed by atoms with Crippen LogP contribution in [-0.2, 0) is 11.2 Å². The highest BCUT2D eigenvalue weighted by molar-refractivity contribution is 6.02. The summed E-state index contributed by atoms with van der Waals surface area (Å²) in [5, 5.41) is 14.8. The SMILES string of the molecule is Cc1nc(C(=O)Nc2ccccc2CC(=O)O)no1. The van der Waals surface area contributed by atoms with Gasteiger partial charge < -0.3 is 14.9 Å². The van der Waals surface area contributed by atoms with Crippen LogP contribution in [0.5, 0.6) is 0 Å². The largest absolute Gasteiger partial charge is 0.481 e. The Kier molecular flexibility index (Phi) is 3.56. The minimum atomic E-state index is -0.975. The van der Waals surface area contributed by atoms with E-state index in [2.05, 4.69) is 15.5 Å². The van der Waals surface area contributed by atoms with Gasteiger partial charge in [0.25, 0.3) is 11.7 Å². The number of nitrogens with zero attached hydrogens (tertiary/aromatic N) is 2. The molecule has 0 atom stereocenters. The second-order valence-corrected chi connectivity index (χ2v) is 3.82. The summed E-state index contributed by atoms with van der Waals surface area (Å²) in [4.78, 5) is 26.3. The number of aromatic nitrogens is 2. The third-order valence-corrected chi connectivity index (χ3v) is 2.34. The number of nitrogens with one attached hydrogen (secondary N) is 1. The zero-order valence-electron chi connectivity index (χ0n) is 10.1. The quantitative estimate of drug-likeness (QED) is 0.858. The standard InChI is InChI=1S/C12H11N3O4/c1-7-13-11(15-19-7)12(18)14-9-5-3-2-4-8(9)6-10(16)17/h2-5H,6H2,1H3,(H,14,18)(H,16,17). The highest BCUT2D eigenvalue weighted by Crippen LogP contribution is 2.16. The number of benzene rings is 1. The van der Waals surface area contributed by atoms with Crippen molar-refractivity contribution in [1.29, 1.82) is 0 Å². The Balaban J connectivity index is 2.19. The molecule has 2 aromatic rings. The number of hydrogen-bond acceptors (Lipinski definition) is 5. The molecule has 7 nitrogen and oxygen atoms in total. The van der Waals surface area contributed by atoms with E-state index >= 15 is 0 Å². The smallest absolute Gasteiger partial charge is 0.307 e. The zero-order valence-corrected chi connectivity index (χ0v) is 10.1. The highest BCUT2D eigenvalue weighted by Gasteiger charge is 2.15. The van der Waals surface area contributed by atoms with Gasteiger partial charge in [-0.3, -0.25) is 9.59 Å². The lowest BCUT2D eigenvalue weighted by Crippen LogP contribution is -2.15. The van der Waals surface area contributed by atoms with Crippen LogP contribution in [-0.4, -0.2) is 27.1 Å². The second kappa shape index (κ2) is 5.30. The van der Waals surface area contributed by atoms with E-state index in [1.165, 1.54) is 0 Å². The number of carboxylic acids is 1. The number of para-hydroxylation sites is 1. The lowest BCUT2D eigenvalue weighted by molar-refractivity contribution is -0.136. The predicted octanol–water partition coefficient (Wildman–Crippen LogP) is 1.26. The van der Waals surface area contributed by atoms with Crippen molar-refractivity contribution in [3.8, 4) is 0 Å². The summed E-state index contributed by atoms with van der Waals surface area (Å²) in [5.74, 6) is -1.33. The molecule has 1 heterocycles. The molecule has 0 spiro atoms. The topological polar surface area (TPSA) is 105 Å². The number of hydrogen-bond donors (Lipinski definition) is 2. The van der Waals surface area contributed by atoms with Crippen molar-refractivity contribution in [3.05, 3.63) is 41.5 Å². The Morgan fingerprint density at radius 3 is 2.74 bits per heavy atom. The molecule has 1 aromatic carbocycles. The first-order valence-corrected chi connectivity index (χ1v) is 5.47. The van der Waals surface area contributed by atoms with Crippen LogP contribution >= 0.6 is 0 Å². The van der Waals surface area contributed by atoms with E-state index in [0.29, 0.717) is 11.3 Å². The first-order chi connectivity index (χ1) is 9.06. The van der Waals surface area contributed by atoms with E-state index in [0.717, 1.165) is 0 Å². The van der Waals surface area contributed by atoms with E-state index in [4.69, 9.17) is 9.63 Å². The maximum Gasteiger partial charge on any atom is 0.307 e. The van der Waals surface area contributed by atoms with Crippen molar-refractivity contribution >= 4 is 17.6 Å². The Labute approximate surface area is 108 Å². The van der Waals surface area contributed by atoms with Gasteiger partial charge in [0.15, 0.2) is 0 Å². The Hall–Kier alpha value is -2.70. The Bertz CT molecular complexity index is 621. The number of rotatable bonds is 4. The summed E-state index contributed by atoms with van der Waals surface area (Å²) < 4.78 is 4.70. The summed E-state index contributed by atoms with van der Waals surface area (Å²) in [6.45, 7) is 1.57. The monoisotopic (exact) mass is 261 g/mol. The maximum atomic E-state index is 11.8. The van der Waals surface area contributed by atoms with Gasteiger partial charge in [0.2, 0.25) is 5.89 Å². The first-order valence-electron chi connectivity index (χ1n) is 5.47. The molecule has 0 bridgehead atoms. The van der Waals surface area contributed by atoms with Crippen LogP contribution in [0.3, 0.4) is 0 Å². The van der Waals surface area contributed by atoms with E-state index in [1.54, 1.807) is 31.2 Å². The van der Waals surface area contributed by atoms with Gasteiger partial charge >= 0.3 is 5.97 Å². The van der Waals surface area contributed by atoms with Gasteiger partial charge in [0.1, 0.15) is 0 Å². The van der Waals surface area contributed by atoms with Crippen LogP contribution in [0.2, 0.25) is 0 Å². The summed E-state index contributed by atoms with van der Waals surface area (Å²) in [5.41, 5.74) is 0.918. The van der Waals surface area contributed by atoms with Gasteiger partial charge in [-0.15, -0.1) is 0 Å². The molecule has 0 saturated heterocycles. The fourth-order valence-corrected chi connectivity index (χ4v) is 1.53. The van der Waals surface area contributed by atoms with Gasteiger partial charge in [-0.05, 0) is 11.6 Å². The van der Waals surface area contributed by atoms with Gasteiger partial charge in [0.05, 0.1) is 6.42 Å². The van der Waals surface area contributed by atoms with E-state index in [1.807, 2.05) is 0 Å². The number of carboxylic acid groups (broad SMARTS) is 1. The van der Waals surface area contributed by atoms with Crippen LogP contribution in [0.25, 0.3) is 0 Å². The first kappa shape index (κ1) is 12.7. The highest BCUT2D eigenvalue weighted by atomic mass is 16.5. The van der Waals surface area contributed by atoms with E-state index < -0.39 is 11.9 Å². The second-order valence-electron chi connectivity index (χ2n) is 3.82. The van der Waals surface area contributed by atoms with Crippen molar-refractivity contribution < 1.29 is 19.2 Å². The summed E-state index contributed by atoms with van der Waals surface area (Å²) >= 11 is 0. The lowest BCUT2D eigenvalue weighted by Gasteiger charge is -2.07. The third kappa shape index (κ3) is 3.15. The molecule has 19 heavy (non-hydrogen) atoms. The molecule has 0 aliphatic rings. The number of amides is 1. The number of anilines is 1. The van der Waals surface area contributed by atoms with Crippen molar-refractivity contribution in [2.75, 3.05) is 5.32 Å². The molecule has 0 radical (unpaired) electrons. The van der Waals surface area contributed by atoms with Gasteiger partial charge in [-0.2, -0.15) is 4.98 Å². The number of carbonyl (C=O) groups is 2. The average molecular weight is 261 g/mol. The molecule has 98 valence electrons. The number of aliphatic carboxylic acids is 1. The summed E-state index contributed by atoms with van der Waals surface area (Å²) in [6, 6.07) is 6.64. The fraction of sp³-hybridized carbons (Fsp3) is 0.167. The normalized spacial score (nSPS) is 10.2. The van der Waals surface area contributed by atoms with Crippen LogP contribution in [0.1, 0.15) is 22.1 Å². The van der Waals surface area contributed by atoms with Gasteiger partial charge in [-0.25, -0.2) is 0 Å².